The molecule has 0 aromatic heterocycles. The second-order valence-corrected chi connectivity index (χ2v) is 13.4. The number of esters is 2. The molecule has 2 aromatic rings. The first-order chi connectivity index (χ1) is 21.8. The number of piperidine rings is 1. The van der Waals surface area contributed by atoms with E-state index in [1.54, 1.807) is 18.0 Å². The Morgan fingerprint density at radius 3 is 2.43 bits per heavy atom. The van der Waals surface area contributed by atoms with Gasteiger partial charge in [-0.05, 0) is 86.4 Å². The van der Waals surface area contributed by atoms with Crippen LogP contribution >= 0.6 is 0 Å². The summed E-state index contributed by atoms with van der Waals surface area (Å²) in [5.74, 6) is 0.228. The molecule has 2 saturated carbocycles. The van der Waals surface area contributed by atoms with Crippen LogP contribution < -0.4 is 9.47 Å². The van der Waals surface area contributed by atoms with Gasteiger partial charge in [0.25, 0.3) is 0 Å². The normalized spacial score (nSPS) is 29.6. The number of hydrogen-bond acceptors (Lipinski definition) is 7. The molecular formula is C35H37F3N2O6. The fourth-order valence-corrected chi connectivity index (χ4v) is 8.74. The van der Waals surface area contributed by atoms with Crippen LogP contribution in [-0.2, 0) is 37.1 Å². The van der Waals surface area contributed by atoms with Crippen molar-refractivity contribution in [2.24, 2.45) is 5.92 Å². The van der Waals surface area contributed by atoms with E-state index >= 15 is 0 Å². The summed E-state index contributed by atoms with van der Waals surface area (Å²) in [5, 5.41) is 0. The Morgan fingerprint density at radius 1 is 1.04 bits per heavy atom. The number of carbonyl (C=O) groups is 3. The maximum absolute atomic E-state index is 13.6. The molecule has 46 heavy (non-hydrogen) atoms. The lowest BCUT2D eigenvalue weighted by atomic mass is 9.48. The van der Waals surface area contributed by atoms with Gasteiger partial charge in [-0.15, -0.1) is 0 Å². The molecule has 0 N–H and O–H groups in total. The van der Waals surface area contributed by atoms with E-state index in [-0.39, 0.29) is 17.9 Å². The highest BCUT2D eigenvalue weighted by Gasteiger charge is 2.75. The van der Waals surface area contributed by atoms with Crippen molar-refractivity contribution in [1.82, 2.24) is 9.80 Å². The van der Waals surface area contributed by atoms with Crippen LogP contribution in [0.1, 0.15) is 68.2 Å². The van der Waals surface area contributed by atoms with Gasteiger partial charge >= 0.3 is 18.1 Å². The van der Waals surface area contributed by atoms with E-state index < -0.39 is 40.9 Å². The fraction of sp³-hybridized carbons (Fsp3) is 0.514. The SMILES string of the molecule is CC(=O)Oc1ccc2c3c1O[C@H]1[C@@H](N(C)C(=O)C=Cc4ccc(C(F)(F)F)cc4)CC[C@@]4(OC(C)=O)[C@@H](C2)N(CC2CC2)CC[C@]314. The van der Waals surface area contributed by atoms with Gasteiger partial charge in [-0.1, -0.05) is 18.2 Å². The van der Waals surface area contributed by atoms with Crippen LogP contribution in [0.15, 0.2) is 42.5 Å². The molecule has 5 atom stereocenters. The molecule has 3 fully saturated rings. The number of alkyl halides is 3. The summed E-state index contributed by atoms with van der Waals surface area (Å²) in [6.45, 7) is 4.50. The van der Waals surface area contributed by atoms with Crippen LogP contribution in [0.25, 0.3) is 6.08 Å². The number of amides is 1. The molecule has 244 valence electrons. The van der Waals surface area contributed by atoms with Crippen LogP contribution in [0, 0.1) is 5.92 Å². The quantitative estimate of drug-likeness (QED) is 0.231. The average molecular weight is 639 g/mol. The summed E-state index contributed by atoms with van der Waals surface area (Å²) in [6, 6.07) is 7.88. The first-order valence-corrected chi connectivity index (χ1v) is 15.9. The second kappa shape index (κ2) is 10.9. The molecule has 7 rings (SSSR count). The zero-order valence-corrected chi connectivity index (χ0v) is 26.1. The standard InChI is InChI=1S/C35H37F3N2O6/c1-20(41)44-27-12-9-24-18-28-34(46-21(2)42)15-14-26(39(3)29(43)13-8-22-6-10-25(11-7-22)35(36,37)38)32-33(34,30(24)31(27)45-32)16-17-40(28)19-23-4-5-23/h6-13,23,26,28,32H,4-5,14-19H2,1-3H3/t26-,28+,32-,33-,34+/m0/s1. The number of carbonyl (C=O) groups excluding carboxylic acids is 3. The Morgan fingerprint density at radius 2 is 1.78 bits per heavy atom. The van der Waals surface area contributed by atoms with E-state index in [0.29, 0.717) is 48.7 Å². The number of likely N-dealkylation sites (tertiary alicyclic amines) is 1. The van der Waals surface area contributed by atoms with Gasteiger partial charge in [0.2, 0.25) is 5.91 Å². The molecule has 2 bridgehead atoms. The van der Waals surface area contributed by atoms with E-state index in [9.17, 15) is 27.6 Å². The summed E-state index contributed by atoms with van der Waals surface area (Å²) < 4.78 is 58.0. The number of ether oxygens (including phenoxy) is 3. The Balaban J connectivity index is 1.27. The predicted octanol–water partition coefficient (Wildman–Crippen LogP) is 5.31. The molecule has 8 nitrogen and oxygen atoms in total. The summed E-state index contributed by atoms with van der Waals surface area (Å²) >= 11 is 0. The lowest BCUT2D eigenvalue weighted by molar-refractivity contribution is -0.223. The third kappa shape index (κ3) is 4.80. The number of rotatable bonds is 7. The molecule has 3 aliphatic carbocycles. The topological polar surface area (TPSA) is 85.4 Å². The van der Waals surface area contributed by atoms with E-state index in [1.165, 1.54) is 51.0 Å². The Kier molecular flexibility index (Phi) is 7.26. The Hall–Kier alpha value is -3.86. The van der Waals surface area contributed by atoms with Gasteiger partial charge in [0, 0.05) is 39.1 Å². The summed E-state index contributed by atoms with van der Waals surface area (Å²) in [5.41, 5.74) is -0.00402. The van der Waals surface area contributed by atoms with E-state index in [4.69, 9.17) is 14.2 Å². The maximum Gasteiger partial charge on any atom is 0.416 e. The van der Waals surface area contributed by atoms with Gasteiger partial charge < -0.3 is 19.1 Å². The van der Waals surface area contributed by atoms with Crippen LogP contribution in [0.3, 0.4) is 0 Å². The molecule has 0 unspecified atom stereocenters. The van der Waals surface area contributed by atoms with Crippen molar-refractivity contribution in [1.29, 1.82) is 0 Å². The number of halogens is 3. The number of nitrogens with zero attached hydrogens (tertiary/aromatic N) is 2. The smallest absolute Gasteiger partial charge is 0.416 e. The van der Waals surface area contributed by atoms with Crippen molar-refractivity contribution >= 4 is 23.9 Å². The highest BCUT2D eigenvalue weighted by atomic mass is 19.4. The molecule has 2 aliphatic heterocycles. The average Bonchev–Trinajstić information content (AvgIpc) is 3.74. The number of benzene rings is 2. The lowest BCUT2D eigenvalue weighted by Gasteiger charge is -2.65. The summed E-state index contributed by atoms with van der Waals surface area (Å²) in [4.78, 5) is 42.8. The summed E-state index contributed by atoms with van der Waals surface area (Å²) in [7, 11) is 1.70. The van der Waals surface area contributed by atoms with Crippen LogP contribution in [-0.4, -0.2) is 71.6 Å². The van der Waals surface area contributed by atoms with E-state index in [0.717, 1.165) is 36.3 Å². The van der Waals surface area contributed by atoms with Crippen molar-refractivity contribution < 1.29 is 41.8 Å². The first-order valence-electron chi connectivity index (χ1n) is 15.9. The van der Waals surface area contributed by atoms with Crippen LogP contribution in [0.2, 0.25) is 0 Å². The van der Waals surface area contributed by atoms with Gasteiger partial charge in [-0.2, -0.15) is 13.2 Å². The molecule has 1 saturated heterocycles. The zero-order valence-electron chi connectivity index (χ0n) is 26.1. The molecule has 0 radical (unpaired) electrons. The lowest BCUT2D eigenvalue weighted by Crippen LogP contribution is -2.79. The monoisotopic (exact) mass is 638 g/mol. The van der Waals surface area contributed by atoms with E-state index in [1.807, 2.05) is 6.07 Å². The molecule has 5 aliphatic rings. The first kappa shape index (κ1) is 30.8. The van der Waals surface area contributed by atoms with Gasteiger partial charge in [0.1, 0.15) is 11.7 Å². The van der Waals surface area contributed by atoms with Crippen molar-refractivity contribution in [3.8, 4) is 11.5 Å². The largest absolute Gasteiger partial charge is 0.483 e. The highest BCUT2D eigenvalue weighted by molar-refractivity contribution is 5.92. The molecular weight excluding hydrogens is 601 g/mol. The van der Waals surface area contributed by atoms with Gasteiger partial charge in [0.15, 0.2) is 11.5 Å². The number of hydrogen-bond donors (Lipinski definition) is 0. The molecule has 1 spiro atoms. The van der Waals surface area contributed by atoms with Crippen molar-refractivity contribution in [3.05, 3.63) is 64.7 Å². The fourth-order valence-electron chi connectivity index (χ4n) is 8.74. The number of likely N-dealkylation sites (N-methyl/N-ethyl adjacent to an activating group) is 1. The van der Waals surface area contributed by atoms with Gasteiger partial charge in [0.05, 0.1) is 23.1 Å². The van der Waals surface area contributed by atoms with Crippen molar-refractivity contribution in [2.75, 3.05) is 20.1 Å². The van der Waals surface area contributed by atoms with Gasteiger partial charge in [-0.25, -0.2) is 0 Å². The zero-order chi connectivity index (χ0) is 32.6. The van der Waals surface area contributed by atoms with Crippen molar-refractivity contribution in [3.63, 3.8) is 0 Å². The van der Waals surface area contributed by atoms with Crippen LogP contribution in [0.5, 0.6) is 11.5 Å². The predicted molar refractivity (Wildman–Crippen MR) is 161 cm³/mol. The minimum atomic E-state index is -4.44. The minimum Gasteiger partial charge on any atom is -0.483 e. The third-order valence-corrected chi connectivity index (χ3v) is 10.8. The second-order valence-electron chi connectivity index (χ2n) is 13.4. The Bertz CT molecular complexity index is 1620. The maximum atomic E-state index is 13.6. The van der Waals surface area contributed by atoms with Crippen molar-refractivity contribution in [2.45, 2.75) is 87.8 Å². The minimum absolute atomic E-state index is 0.0728. The molecule has 1 amide bonds. The Labute approximate surface area is 265 Å². The molecule has 2 aromatic carbocycles. The summed E-state index contributed by atoms with van der Waals surface area (Å²) in [6.07, 6.45) is 2.52. The third-order valence-electron chi connectivity index (χ3n) is 10.8. The molecule has 11 heteroatoms. The van der Waals surface area contributed by atoms with E-state index in [2.05, 4.69) is 4.90 Å². The molecule has 2 heterocycles. The van der Waals surface area contributed by atoms with Gasteiger partial charge in [-0.3, -0.25) is 19.3 Å². The highest BCUT2D eigenvalue weighted by Crippen LogP contribution is 2.67. The van der Waals surface area contributed by atoms with Crippen LogP contribution in [0.4, 0.5) is 13.2 Å².